The van der Waals surface area contributed by atoms with Gasteiger partial charge in [0.1, 0.15) is 7.14 Å². The second-order valence-electron chi connectivity index (χ2n) is 7.57. The zero-order valence-corrected chi connectivity index (χ0v) is 18.0. The molecule has 0 heterocycles. The highest BCUT2D eigenvalue weighted by molar-refractivity contribution is 7.78. The fourth-order valence-corrected chi connectivity index (χ4v) is 6.57. The first-order chi connectivity index (χ1) is 14.6. The van der Waals surface area contributed by atoms with Crippen molar-refractivity contribution in [1.29, 1.82) is 0 Å². The number of anilines is 1. The van der Waals surface area contributed by atoms with Gasteiger partial charge in [-0.3, -0.25) is 0 Å². The molecule has 150 valence electrons. The maximum Gasteiger partial charge on any atom is 0.145 e. The van der Waals surface area contributed by atoms with E-state index >= 15 is 0 Å². The highest BCUT2D eigenvalue weighted by Crippen LogP contribution is 2.47. The van der Waals surface area contributed by atoms with Gasteiger partial charge in [-0.05, 0) is 24.6 Å². The van der Waals surface area contributed by atoms with E-state index in [2.05, 4.69) is 48.6 Å². The largest absolute Gasteiger partial charge is 0.378 e. The summed E-state index contributed by atoms with van der Waals surface area (Å²) < 4.78 is 14.6. The first kappa shape index (κ1) is 20.2. The van der Waals surface area contributed by atoms with Gasteiger partial charge in [0.05, 0.1) is 6.04 Å². The van der Waals surface area contributed by atoms with E-state index in [1.807, 2.05) is 78.9 Å². The van der Waals surface area contributed by atoms with Crippen molar-refractivity contribution < 1.29 is 4.57 Å². The van der Waals surface area contributed by atoms with Crippen LogP contribution in [0.4, 0.5) is 5.69 Å². The lowest BCUT2D eigenvalue weighted by molar-refractivity contribution is 0.584. The van der Waals surface area contributed by atoms with Crippen LogP contribution in [0.25, 0.3) is 0 Å². The van der Waals surface area contributed by atoms with Crippen LogP contribution in [0.2, 0.25) is 0 Å². The number of rotatable bonds is 7. The SMILES string of the molecule is Cc1ccc(NC(CP(=O)(c2ccccc2)c2ccccc2)c2ccccc2)cc1. The van der Waals surface area contributed by atoms with Gasteiger partial charge in [-0.15, -0.1) is 0 Å². The summed E-state index contributed by atoms with van der Waals surface area (Å²) >= 11 is 0. The summed E-state index contributed by atoms with van der Waals surface area (Å²) in [5, 5.41) is 5.43. The van der Waals surface area contributed by atoms with E-state index in [1.165, 1.54) is 5.56 Å². The molecule has 0 fully saturated rings. The maximum atomic E-state index is 14.6. The fourth-order valence-electron chi connectivity index (χ4n) is 3.73. The molecule has 1 atom stereocenters. The highest BCUT2D eigenvalue weighted by Gasteiger charge is 2.31. The van der Waals surface area contributed by atoms with E-state index in [-0.39, 0.29) is 6.04 Å². The smallest absolute Gasteiger partial charge is 0.145 e. The van der Waals surface area contributed by atoms with Crippen molar-refractivity contribution in [3.05, 3.63) is 126 Å². The minimum absolute atomic E-state index is 0.0832. The number of benzene rings is 4. The number of aryl methyl sites for hydroxylation is 1. The van der Waals surface area contributed by atoms with Crippen molar-refractivity contribution >= 4 is 23.4 Å². The van der Waals surface area contributed by atoms with Crippen LogP contribution in [0.5, 0.6) is 0 Å². The third kappa shape index (κ3) is 4.56. The van der Waals surface area contributed by atoms with Crippen LogP contribution in [0.1, 0.15) is 17.2 Å². The van der Waals surface area contributed by atoms with Gasteiger partial charge in [-0.25, -0.2) is 0 Å². The summed E-state index contributed by atoms with van der Waals surface area (Å²) in [5.74, 6) is 0. The topological polar surface area (TPSA) is 29.1 Å². The molecule has 0 aliphatic rings. The van der Waals surface area contributed by atoms with E-state index in [0.717, 1.165) is 21.9 Å². The van der Waals surface area contributed by atoms with Gasteiger partial charge in [0.25, 0.3) is 0 Å². The summed E-state index contributed by atoms with van der Waals surface area (Å²) in [4.78, 5) is 0. The summed E-state index contributed by atoms with van der Waals surface area (Å²) in [6.07, 6.45) is 0.499. The Labute approximate surface area is 179 Å². The van der Waals surface area contributed by atoms with E-state index in [4.69, 9.17) is 0 Å². The average Bonchev–Trinajstić information content (AvgIpc) is 2.82. The van der Waals surface area contributed by atoms with Crippen molar-refractivity contribution in [3.63, 3.8) is 0 Å². The molecule has 0 amide bonds. The summed E-state index contributed by atoms with van der Waals surface area (Å²) in [6.45, 7) is 2.08. The summed E-state index contributed by atoms with van der Waals surface area (Å²) in [5.41, 5.74) is 3.38. The van der Waals surface area contributed by atoms with Crippen LogP contribution < -0.4 is 15.9 Å². The first-order valence-electron chi connectivity index (χ1n) is 10.2. The Balaban J connectivity index is 1.77. The molecule has 4 rings (SSSR count). The second kappa shape index (κ2) is 9.15. The molecular weight excluding hydrogens is 385 g/mol. The molecule has 4 aromatic rings. The summed E-state index contributed by atoms with van der Waals surface area (Å²) in [7, 11) is -2.85. The number of hydrogen-bond donors (Lipinski definition) is 1. The number of nitrogens with one attached hydrogen (secondary N) is 1. The lowest BCUT2D eigenvalue weighted by Crippen LogP contribution is -2.25. The van der Waals surface area contributed by atoms with Gasteiger partial charge in [0.15, 0.2) is 0 Å². The molecule has 0 bridgehead atoms. The first-order valence-corrected chi connectivity index (χ1v) is 12.1. The minimum atomic E-state index is -2.85. The molecule has 0 spiro atoms. The predicted molar refractivity (Wildman–Crippen MR) is 129 cm³/mol. The molecular formula is C27H26NOP. The Morgan fingerprint density at radius 1 is 0.667 bits per heavy atom. The zero-order valence-electron chi connectivity index (χ0n) is 17.1. The fraction of sp³-hybridized carbons (Fsp3) is 0.111. The highest BCUT2D eigenvalue weighted by atomic mass is 31.2. The van der Waals surface area contributed by atoms with Gasteiger partial charge in [-0.1, -0.05) is 109 Å². The monoisotopic (exact) mass is 411 g/mol. The van der Waals surface area contributed by atoms with E-state index in [0.29, 0.717) is 6.16 Å². The van der Waals surface area contributed by atoms with Gasteiger partial charge in [-0.2, -0.15) is 0 Å². The van der Waals surface area contributed by atoms with Crippen LogP contribution in [-0.2, 0) is 4.57 Å². The minimum Gasteiger partial charge on any atom is -0.378 e. The van der Waals surface area contributed by atoms with Crippen molar-refractivity contribution in [2.24, 2.45) is 0 Å². The molecule has 0 radical (unpaired) electrons. The molecule has 0 aliphatic carbocycles. The molecule has 2 nitrogen and oxygen atoms in total. The standard InChI is InChI=1S/C27H26NOP/c1-22-17-19-24(20-18-22)28-27(23-11-5-2-6-12-23)21-30(29,25-13-7-3-8-14-25)26-15-9-4-10-16-26/h2-20,27-28H,21H2,1H3. The van der Waals surface area contributed by atoms with Crippen molar-refractivity contribution in [2.75, 3.05) is 11.5 Å². The molecule has 0 aliphatic heterocycles. The van der Waals surface area contributed by atoms with E-state index in [9.17, 15) is 4.57 Å². The van der Waals surface area contributed by atoms with Crippen LogP contribution in [0.3, 0.4) is 0 Å². The van der Waals surface area contributed by atoms with Gasteiger partial charge >= 0.3 is 0 Å². The lowest BCUT2D eigenvalue weighted by atomic mass is 10.1. The third-order valence-corrected chi connectivity index (χ3v) is 8.52. The summed E-state index contributed by atoms with van der Waals surface area (Å²) in [6, 6.07) is 38.3. The Kier molecular flexibility index (Phi) is 6.16. The zero-order chi connectivity index (χ0) is 20.8. The van der Waals surface area contributed by atoms with Crippen molar-refractivity contribution in [1.82, 2.24) is 0 Å². The van der Waals surface area contributed by atoms with E-state index < -0.39 is 7.14 Å². The molecule has 4 aromatic carbocycles. The Morgan fingerprint density at radius 3 is 1.63 bits per heavy atom. The molecule has 3 heteroatoms. The quantitative estimate of drug-likeness (QED) is 0.369. The van der Waals surface area contributed by atoms with Crippen molar-refractivity contribution in [3.8, 4) is 0 Å². The van der Waals surface area contributed by atoms with Crippen molar-refractivity contribution in [2.45, 2.75) is 13.0 Å². The Bertz CT molecular complexity index is 1070. The van der Waals surface area contributed by atoms with Gasteiger partial charge < -0.3 is 9.88 Å². The third-order valence-electron chi connectivity index (χ3n) is 5.38. The molecule has 1 unspecified atom stereocenters. The molecule has 30 heavy (non-hydrogen) atoms. The Morgan fingerprint density at radius 2 is 1.13 bits per heavy atom. The normalized spacial score (nSPS) is 12.3. The molecule has 0 saturated heterocycles. The van der Waals surface area contributed by atoms with Crippen LogP contribution >= 0.6 is 7.14 Å². The number of hydrogen-bond acceptors (Lipinski definition) is 2. The average molecular weight is 411 g/mol. The van der Waals surface area contributed by atoms with Gasteiger partial charge in [0.2, 0.25) is 0 Å². The molecule has 0 saturated carbocycles. The maximum absolute atomic E-state index is 14.6. The predicted octanol–water partition coefficient (Wildman–Crippen LogP) is 6.16. The molecule has 1 N–H and O–H groups in total. The van der Waals surface area contributed by atoms with Crippen LogP contribution in [-0.4, -0.2) is 6.16 Å². The Hall–Kier alpha value is -3.09. The second-order valence-corrected chi connectivity index (χ2v) is 10.4. The molecule has 0 aromatic heterocycles. The van der Waals surface area contributed by atoms with Gasteiger partial charge in [0, 0.05) is 22.5 Å². The van der Waals surface area contributed by atoms with Crippen LogP contribution in [0, 0.1) is 6.92 Å². The van der Waals surface area contributed by atoms with Crippen LogP contribution in [0.15, 0.2) is 115 Å². The van der Waals surface area contributed by atoms with E-state index in [1.54, 1.807) is 0 Å². The lowest BCUT2D eigenvalue weighted by Gasteiger charge is -2.27.